The van der Waals surface area contributed by atoms with E-state index in [1.54, 1.807) is 5.57 Å². The summed E-state index contributed by atoms with van der Waals surface area (Å²) in [6, 6.07) is 0. The molecule has 0 nitrogen and oxygen atoms in total. The van der Waals surface area contributed by atoms with Crippen LogP contribution in [0.25, 0.3) is 0 Å². The van der Waals surface area contributed by atoms with Gasteiger partial charge in [-0.3, -0.25) is 0 Å². The highest BCUT2D eigenvalue weighted by atomic mass is 14.7. The van der Waals surface area contributed by atoms with Crippen molar-refractivity contribution in [3.05, 3.63) is 12.2 Å². The number of allylic oxidation sites excluding steroid dienone is 1. The van der Waals surface area contributed by atoms with Crippen molar-refractivity contribution >= 4 is 0 Å². The Kier molecular flexibility index (Phi) is 6.06. The maximum Gasteiger partial charge on any atom is -0.0149 e. The Morgan fingerprint density at radius 1 is 1.00 bits per heavy atom. The molecule has 144 valence electrons. The minimum absolute atomic E-state index is 0.608. The van der Waals surface area contributed by atoms with Crippen LogP contribution in [-0.4, -0.2) is 0 Å². The van der Waals surface area contributed by atoms with Crippen LogP contribution in [0, 0.1) is 46.8 Å². The highest BCUT2D eigenvalue weighted by Gasteiger charge is 2.62. The van der Waals surface area contributed by atoms with E-state index in [1.165, 1.54) is 64.2 Å². The zero-order valence-electron chi connectivity index (χ0n) is 17.8. The summed E-state index contributed by atoms with van der Waals surface area (Å²) < 4.78 is 0. The standard InChI is InChI=1S/C25H44/c1-7-18(8-2)23-19(9-3)24-20(16-21(23)24)17(6)22(10-4)25(11-5)14-12-13-15-25/h18-24H,6-16H2,1-5H3. The second-order valence-electron chi connectivity index (χ2n) is 9.77. The molecule has 0 radical (unpaired) electrons. The quantitative estimate of drug-likeness (QED) is 0.373. The number of hydrogen-bond acceptors (Lipinski definition) is 0. The predicted molar refractivity (Wildman–Crippen MR) is 111 cm³/mol. The SMILES string of the molecule is C=C(C1CC2C(C(CC)CC)C(CC)C12)C(CC)C1(CC)CCCC1. The molecular weight excluding hydrogens is 300 g/mol. The third-order valence-corrected chi connectivity index (χ3v) is 9.41. The number of hydrogen-bond donors (Lipinski definition) is 0. The van der Waals surface area contributed by atoms with Crippen molar-refractivity contribution in [1.29, 1.82) is 0 Å². The van der Waals surface area contributed by atoms with Gasteiger partial charge < -0.3 is 0 Å². The van der Waals surface area contributed by atoms with E-state index in [-0.39, 0.29) is 0 Å². The fraction of sp³-hybridized carbons (Fsp3) is 0.920. The van der Waals surface area contributed by atoms with Gasteiger partial charge in [0.2, 0.25) is 0 Å². The molecule has 0 N–H and O–H groups in total. The number of fused-ring (bicyclic) bond motifs is 1. The van der Waals surface area contributed by atoms with Crippen LogP contribution in [0.5, 0.6) is 0 Å². The molecule has 0 aromatic rings. The molecule has 0 heterocycles. The maximum atomic E-state index is 4.78. The van der Waals surface area contributed by atoms with Gasteiger partial charge in [-0.25, -0.2) is 0 Å². The molecule has 6 unspecified atom stereocenters. The van der Waals surface area contributed by atoms with E-state index in [1.807, 2.05) is 0 Å². The van der Waals surface area contributed by atoms with Crippen molar-refractivity contribution in [3.8, 4) is 0 Å². The lowest BCUT2D eigenvalue weighted by atomic mass is 9.37. The van der Waals surface area contributed by atoms with Gasteiger partial charge in [-0.05, 0) is 78.9 Å². The van der Waals surface area contributed by atoms with E-state index >= 15 is 0 Å². The lowest BCUT2D eigenvalue weighted by molar-refractivity contribution is -0.168. The second kappa shape index (κ2) is 7.77. The van der Waals surface area contributed by atoms with Crippen LogP contribution in [0.2, 0.25) is 0 Å². The van der Waals surface area contributed by atoms with Crippen molar-refractivity contribution in [2.24, 2.45) is 46.8 Å². The molecule has 0 amide bonds. The summed E-state index contributed by atoms with van der Waals surface area (Å²) in [6.45, 7) is 17.0. The van der Waals surface area contributed by atoms with Gasteiger partial charge in [0, 0.05) is 0 Å². The normalized spacial score (nSPS) is 37.3. The van der Waals surface area contributed by atoms with E-state index in [0.29, 0.717) is 5.41 Å². The minimum Gasteiger partial charge on any atom is -0.0993 e. The average Bonchev–Trinajstić information content (AvgIpc) is 3.09. The van der Waals surface area contributed by atoms with Crippen LogP contribution >= 0.6 is 0 Å². The van der Waals surface area contributed by atoms with E-state index in [4.69, 9.17) is 6.58 Å². The monoisotopic (exact) mass is 344 g/mol. The molecule has 3 aliphatic carbocycles. The van der Waals surface area contributed by atoms with Crippen molar-refractivity contribution in [2.45, 2.75) is 98.8 Å². The summed E-state index contributed by atoms with van der Waals surface area (Å²) in [5, 5.41) is 0. The molecule has 0 bridgehead atoms. The van der Waals surface area contributed by atoms with Crippen molar-refractivity contribution in [2.75, 3.05) is 0 Å². The Balaban J connectivity index is 1.71. The summed E-state index contributed by atoms with van der Waals surface area (Å²) in [5.74, 6) is 6.76. The van der Waals surface area contributed by atoms with E-state index in [0.717, 1.165) is 41.4 Å². The lowest BCUT2D eigenvalue weighted by Crippen LogP contribution is -2.61. The molecule has 3 aliphatic rings. The third-order valence-electron chi connectivity index (χ3n) is 9.41. The molecule has 3 fully saturated rings. The Morgan fingerprint density at radius 3 is 2.12 bits per heavy atom. The Hall–Kier alpha value is -0.260. The molecule has 0 heteroatoms. The molecule has 25 heavy (non-hydrogen) atoms. The van der Waals surface area contributed by atoms with Gasteiger partial charge in [0.15, 0.2) is 0 Å². The smallest absolute Gasteiger partial charge is 0.0149 e. The Morgan fingerprint density at radius 2 is 1.64 bits per heavy atom. The first-order valence-electron chi connectivity index (χ1n) is 11.8. The zero-order valence-corrected chi connectivity index (χ0v) is 17.8. The fourth-order valence-electron chi connectivity index (χ4n) is 8.02. The van der Waals surface area contributed by atoms with Gasteiger partial charge in [-0.2, -0.15) is 0 Å². The van der Waals surface area contributed by atoms with Gasteiger partial charge >= 0.3 is 0 Å². The number of rotatable bonds is 9. The molecule has 3 saturated carbocycles. The van der Waals surface area contributed by atoms with Crippen LogP contribution in [0.4, 0.5) is 0 Å². The van der Waals surface area contributed by atoms with Gasteiger partial charge in [-0.15, -0.1) is 0 Å². The highest BCUT2D eigenvalue weighted by Crippen LogP contribution is 2.68. The van der Waals surface area contributed by atoms with Gasteiger partial charge in [0.1, 0.15) is 0 Å². The van der Waals surface area contributed by atoms with Crippen molar-refractivity contribution in [3.63, 3.8) is 0 Å². The maximum absolute atomic E-state index is 4.78. The first kappa shape index (κ1) is 19.5. The largest absolute Gasteiger partial charge is 0.0993 e. The van der Waals surface area contributed by atoms with Gasteiger partial charge in [0.05, 0.1) is 0 Å². The molecule has 0 aromatic heterocycles. The topological polar surface area (TPSA) is 0 Å². The average molecular weight is 345 g/mol. The van der Waals surface area contributed by atoms with Crippen LogP contribution in [0.3, 0.4) is 0 Å². The third kappa shape index (κ3) is 2.94. The van der Waals surface area contributed by atoms with Crippen molar-refractivity contribution in [1.82, 2.24) is 0 Å². The van der Waals surface area contributed by atoms with E-state index in [9.17, 15) is 0 Å². The van der Waals surface area contributed by atoms with Crippen LogP contribution < -0.4 is 0 Å². The second-order valence-corrected chi connectivity index (χ2v) is 9.77. The van der Waals surface area contributed by atoms with Gasteiger partial charge in [-0.1, -0.05) is 78.9 Å². The fourth-order valence-corrected chi connectivity index (χ4v) is 8.02. The first-order valence-corrected chi connectivity index (χ1v) is 11.8. The van der Waals surface area contributed by atoms with Crippen LogP contribution in [-0.2, 0) is 0 Å². The zero-order chi connectivity index (χ0) is 18.2. The summed E-state index contributed by atoms with van der Waals surface area (Å²) in [4.78, 5) is 0. The summed E-state index contributed by atoms with van der Waals surface area (Å²) in [7, 11) is 0. The van der Waals surface area contributed by atoms with Crippen LogP contribution in [0.1, 0.15) is 98.8 Å². The van der Waals surface area contributed by atoms with Crippen LogP contribution in [0.15, 0.2) is 12.2 Å². The minimum atomic E-state index is 0.608. The Labute approximate surface area is 158 Å². The summed E-state index contributed by atoms with van der Waals surface area (Å²) >= 11 is 0. The van der Waals surface area contributed by atoms with Gasteiger partial charge in [0.25, 0.3) is 0 Å². The predicted octanol–water partition coefficient (Wildman–Crippen LogP) is 7.88. The highest BCUT2D eigenvalue weighted by molar-refractivity contribution is 5.22. The van der Waals surface area contributed by atoms with E-state index in [2.05, 4.69) is 34.6 Å². The first-order chi connectivity index (χ1) is 12.1. The lowest BCUT2D eigenvalue weighted by Gasteiger charge is -2.67. The molecule has 0 saturated heterocycles. The molecule has 0 spiro atoms. The summed E-state index contributed by atoms with van der Waals surface area (Å²) in [6.07, 6.45) is 14.2. The van der Waals surface area contributed by atoms with Crippen molar-refractivity contribution < 1.29 is 0 Å². The molecule has 0 aromatic carbocycles. The summed E-state index contributed by atoms with van der Waals surface area (Å²) in [5.41, 5.74) is 2.30. The molecule has 3 rings (SSSR count). The Bertz CT molecular complexity index is 451. The molecule has 6 atom stereocenters. The molecule has 0 aliphatic heterocycles. The molecular formula is C25H44. The van der Waals surface area contributed by atoms with E-state index < -0.39 is 0 Å².